The summed E-state index contributed by atoms with van der Waals surface area (Å²) in [7, 11) is 1.70. The summed E-state index contributed by atoms with van der Waals surface area (Å²) in [5.41, 5.74) is -0.396. The third-order valence-electron chi connectivity index (χ3n) is 2.91. The highest BCUT2D eigenvalue weighted by Gasteiger charge is 2.32. The molecule has 17 heavy (non-hydrogen) atoms. The first kappa shape index (κ1) is 12.4. The van der Waals surface area contributed by atoms with Crippen LogP contribution in [0.4, 0.5) is 0 Å². The third-order valence-corrected chi connectivity index (χ3v) is 2.91. The van der Waals surface area contributed by atoms with Crippen molar-refractivity contribution in [3.63, 3.8) is 0 Å². The van der Waals surface area contributed by atoms with Crippen molar-refractivity contribution >= 4 is 0 Å². The van der Waals surface area contributed by atoms with E-state index in [-0.39, 0.29) is 0 Å². The van der Waals surface area contributed by atoms with Gasteiger partial charge in [-0.05, 0) is 12.1 Å². The van der Waals surface area contributed by atoms with Crippen molar-refractivity contribution in [2.45, 2.75) is 5.60 Å². The Kier molecular flexibility index (Phi) is 4.36. The number of hydrogen-bond acceptors (Lipinski definition) is 4. The number of para-hydroxylation sites is 1. The van der Waals surface area contributed by atoms with E-state index >= 15 is 0 Å². The Hall–Kier alpha value is -1.10. The average molecular weight is 237 g/mol. The van der Waals surface area contributed by atoms with Crippen molar-refractivity contribution in [2.24, 2.45) is 0 Å². The smallest absolute Gasteiger partial charge is 0.137 e. The molecule has 0 amide bonds. The van der Waals surface area contributed by atoms with Gasteiger partial charge in [-0.2, -0.15) is 0 Å². The Bertz CT molecular complexity index is 321. The molecule has 1 aromatic carbocycles. The van der Waals surface area contributed by atoms with Gasteiger partial charge in [0.1, 0.15) is 18.0 Å². The molecule has 0 unspecified atom stereocenters. The maximum Gasteiger partial charge on any atom is 0.137 e. The van der Waals surface area contributed by atoms with Gasteiger partial charge >= 0.3 is 0 Å². The van der Waals surface area contributed by atoms with Gasteiger partial charge in [-0.25, -0.2) is 0 Å². The van der Waals surface area contributed by atoms with Gasteiger partial charge in [-0.3, -0.25) is 0 Å². The van der Waals surface area contributed by atoms with Gasteiger partial charge in [0.25, 0.3) is 0 Å². The van der Waals surface area contributed by atoms with E-state index in [1.54, 1.807) is 7.11 Å². The van der Waals surface area contributed by atoms with E-state index in [1.165, 1.54) is 0 Å². The molecule has 1 saturated heterocycles. The van der Waals surface area contributed by atoms with Gasteiger partial charge in [-0.1, -0.05) is 18.2 Å². The zero-order chi connectivity index (χ0) is 12.0. The summed E-state index contributed by atoms with van der Waals surface area (Å²) in [5.74, 6) is 0.855. The number of nitrogens with one attached hydrogen (secondary N) is 1. The fourth-order valence-electron chi connectivity index (χ4n) is 1.78. The van der Waals surface area contributed by atoms with Crippen LogP contribution < -0.4 is 10.1 Å². The monoisotopic (exact) mass is 237 g/mol. The second kappa shape index (κ2) is 6.00. The quantitative estimate of drug-likeness (QED) is 0.850. The molecule has 1 aromatic rings. The lowest BCUT2D eigenvalue weighted by Crippen LogP contribution is -2.49. The van der Waals surface area contributed by atoms with E-state index in [0.717, 1.165) is 25.4 Å². The normalized spacial score (nSPS) is 25.2. The lowest BCUT2D eigenvalue weighted by atomic mass is 10.1. The van der Waals surface area contributed by atoms with E-state index in [9.17, 15) is 0 Å². The molecule has 0 aliphatic carbocycles. The first-order valence-electron chi connectivity index (χ1n) is 5.86. The molecule has 1 aliphatic rings. The summed E-state index contributed by atoms with van der Waals surface area (Å²) in [6, 6.07) is 9.76. The lowest BCUT2D eigenvalue weighted by molar-refractivity contribution is -0.0834. The third kappa shape index (κ3) is 3.43. The number of ether oxygens (including phenoxy) is 3. The molecular weight excluding hydrogens is 218 g/mol. The molecule has 0 spiro atoms. The van der Waals surface area contributed by atoms with Crippen LogP contribution in [-0.2, 0) is 9.47 Å². The molecule has 1 heterocycles. The summed E-state index contributed by atoms with van der Waals surface area (Å²) in [5, 5.41) is 3.30. The summed E-state index contributed by atoms with van der Waals surface area (Å²) in [6.07, 6.45) is 0. The van der Waals surface area contributed by atoms with Gasteiger partial charge in [0.2, 0.25) is 0 Å². The van der Waals surface area contributed by atoms with E-state index in [0.29, 0.717) is 13.2 Å². The molecule has 0 radical (unpaired) electrons. The molecule has 0 aromatic heterocycles. The standard InChI is InChI=1S/C13H19NO3/c1-15-13(9-14-7-8-16-10-13)11-17-12-5-3-2-4-6-12/h2-6,14H,7-11H2,1H3/t13-/m1/s1. The number of benzene rings is 1. The highest BCUT2D eigenvalue weighted by atomic mass is 16.6. The molecule has 2 rings (SSSR count). The molecule has 0 saturated carbocycles. The van der Waals surface area contributed by atoms with Crippen molar-refractivity contribution in [1.29, 1.82) is 0 Å². The first-order valence-corrected chi connectivity index (χ1v) is 5.86. The van der Waals surface area contributed by atoms with E-state index in [2.05, 4.69) is 5.32 Å². The fraction of sp³-hybridized carbons (Fsp3) is 0.538. The van der Waals surface area contributed by atoms with Crippen molar-refractivity contribution in [3.8, 4) is 5.75 Å². The molecule has 94 valence electrons. The van der Waals surface area contributed by atoms with Crippen LogP contribution in [0.3, 0.4) is 0 Å². The fourth-order valence-corrected chi connectivity index (χ4v) is 1.78. The highest BCUT2D eigenvalue weighted by molar-refractivity contribution is 5.21. The molecule has 4 heteroatoms. The lowest BCUT2D eigenvalue weighted by Gasteiger charge is -2.30. The average Bonchev–Trinajstić information content (AvgIpc) is 2.64. The van der Waals surface area contributed by atoms with Crippen LogP contribution in [0, 0.1) is 0 Å². The zero-order valence-corrected chi connectivity index (χ0v) is 10.1. The predicted octanol–water partition coefficient (Wildman–Crippen LogP) is 1.07. The maximum atomic E-state index is 5.75. The number of hydrogen-bond donors (Lipinski definition) is 1. The topological polar surface area (TPSA) is 39.7 Å². The van der Waals surface area contributed by atoms with Crippen LogP contribution in [0.5, 0.6) is 5.75 Å². The summed E-state index contributed by atoms with van der Waals surface area (Å²) >= 11 is 0. The summed E-state index contributed by atoms with van der Waals surface area (Å²) in [4.78, 5) is 0. The van der Waals surface area contributed by atoms with Gasteiger partial charge in [0.15, 0.2) is 0 Å². The Morgan fingerprint density at radius 3 is 2.94 bits per heavy atom. The van der Waals surface area contributed by atoms with E-state index < -0.39 is 5.60 Å². The number of methoxy groups -OCH3 is 1. The second-order valence-electron chi connectivity index (χ2n) is 4.22. The minimum absolute atomic E-state index is 0.396. The number of rotatable bonds is 4. The van der Waals surface area contributed by atoms with Crippen LogP contribution in [0.2, 0.25) is 0 Å². The largest absolute Gasteiger partial charge is 0.490 e. The Morgan fingerprint density at radius 1 is 1.35 bits per heavy atom. The molecule has 1 fully saturated rings. The minimum Gasteiger partial charge on any atom is -0.490 e. The predicted molar refractivity (Wildman–Crippen MR) is 65.4 cm³/mol. The maximum absolute atomic E-state index is 5.75. The molecular formula is C13H19NO3. The summed E-state index contributed by atoms with van der Waals surface area (Å²) in [6.45, 7) is 3.37. The molecule has 1 N–H and O–H groups in total. The van der Waals surface area contributed by atoms with Crippen LogP contribution >= 0.6 is 0 Å². The minimum atomic E-state index is -0.396. The Morgan fingerprint density at radius 2 is 2.18 bits per heavy atom. The first-order chi connectivity index (χ1) is 8.35. The van der Waals surface area contributed by atoms with Crippen LogP contribution in [0.25, 0.3) is 0 Å². The Labute approximate surface area is 102 Å². The van der Waals surface area contributed by atoms with Crippen LogP contribution in [-0.4, -0.2) is 45.6 Å². The van der Waals surface area contributed by atoms with Crippen molar-refractivity contribution in [1.82, 2.24) is 5.32 Å². The second-order valence-corrected chi connectivity index (χ2v) is 4.22. The summed E-state index contributed by atoms with van der Waals surface area (Å²) < 4.78 is 16.8. The van der Waals surface area contributed by atoms with Crippen molar-refractivity contribution in [3.05, 3.63) is 30.3 Å². The van der Waals surface area contributed by atoms with Crippen LogP contribution in [0.15, 0.2) is 30.3 Å². The molecule has 0 bridgehead atoms. The van der Waals surface area contributed by atoms with Crippen LogP contribution in [0.1, 0.15) is 0 Å². The van der Waals surface area contributed by atoms with Gasteiger partial charge in [-0.15, -0.1) is 0 Å². The van der Waals surface area contributed by atoms with E-state index in [4.69, 9.17) is 14.2 Å². The molecule has 1 aliphatic heterocycles. The molecule has 4 nitrogen and oxygen atoms in total. The zero-order valence-electron chi connectivity index (χ0n) is 10.1. The van der Waals surface area contributed by atoms with Gasteiger partial charge in [0, 0.05) is 20.2 Å². The van der Waals surface area contributed by atoms with Gasteiger partial charge < -0.3 is 19.5 Å². The molecule has 1 atom stereocenters. The van der Waals surface area contributed by atoms with Crippen molar-refractivity contribution < 1.29 is 14.2 Å². The highest BCUT2D eigenvalue weighted by Crippen LogP contribution is 2.16. The van der Waals surface area contributed by atoms with Crippen molar-refractivity contribution in [2.75, 3.05) is 40.0 Å². The van der Waals surface area contributed by atoms with Gasteiger partial charge in [0.05, 0.1) is 13.2 Å². The van der Waals surface area contributed by atoms with E-state index in [1.807, 2.05) is 30.3 Å². The SMILES string of the molecule is CO[C@]1(COc2ccccc2)CNCCOC1. The Balaban J connectivity index is 1.94.